The van der Waals surface area contributed by atoms with Crippen molar-refractivity contribution in [3.05, 3.63) is 72.6 Å². The predicted molar refractivity (Wildman–Crippen MR) is 203 cm³/mol. The highest BCUT2D eigenvalue weighted by Gasteiger charge is 2.41. The molecule has 4 N–H and O–H groups in total. The van der Waals surface area contributed by atoms with Crippen molar-refractivity contribution in [2.24, 2.45) is 0 Å². The molecule has 2 aromatic heterocycles. The minimum absolute atomic E-state index is 0.0134. The fourth-order valence-corrected chi connectivity index (χ4v) is 7.68. The van der Waals surface area contributed by atoms with E-state index in [0.717, 1.165) is 71.0 Å². The number of nitrogens with one attached hydrogen (secondary N) is 4. The van der Waals surface area contributed by atoms with Crippen LogP contribution in [0.4, 0.5) is 9.59 Å². The molecule has 4 heterocycles. The third-order valence-corrected chi connectivity index (χ3v) is 10.8. The van der Waals surface area contributed by atoms with Crippen molar-refractivity contribution in [3.8, 4) is 33.6 Å². The Balaban J connectivity index is 1.12. The number of hydrogen-bond donors (Lipinski definition) is 4. The summed E-state index contributed by atoms with van der Waals surface area (Å²) in [6.45, 7) is 7.77. The average Bonchev–Trinajstić information content (AvgIpc) is 4.02. The van der Waals surface area contributed by atoms with E-state index in [0.29, 0.717) is 12.8 Å². The van der Waals surface area contributed by atoms with Crippen molar-refractivity contribution in [1.82, 2.24) is 40.4 Å². The number of amides is 4. The molecule has 0 aliphatic carbocycles. The van der Waals surface area contributed by atoms with Gasteiger partial charge in [0.25, 0.3) is 0 Å². The lowest BCUT2D eigenvalue weighted by Crippen LogP contribution is -2.50. The Hall–Kier alpha value is -5.66. The van der Waals surface area contributed by atoms with Gasteiger partial charge in [-0.1, -0.05) is 62.4 Å². The van der Waals surface area contributed by atoms with Crippen molar-refractivity contribution >= 4 is 24.0 Å². The quantitative estimate of drug-likeness (QED) is 0.135. The van der Waals surface area contributed by atoms with E-state index in [1.165, 1.54) is 14.2 Å². The molecule has 0 spiro atoms. The van der Waals surface area contributed by atoms with Crippen molar-refractivity contribution in [3.63, 3.8) is 0 Å². The van der Waals surface area contributed by atoms with Gasteiger partial charge in [-0.3, -0.25) is 9.59 Å². The van der Waals surface area contributed by atoms with Gasteiger partial charge in [0.2, 0.25) is 11.8 Å². The van der Waals surface area contributed by atoms with E-state index >= 15 is 0 Å². The summed E-state index contributed by atoms with van der Waals surface area (Å²) in [7, 11) is 2.57. The number of methoxy groups -OCH3 is 2. The Bertz CT molecular complexity index is 1800. The molecule has 0 saturated carbocycles. The van der Waals surface area contributed by atoms with Crippen LogP contribution >= 0.6 is 0 Å². The largest absolute Gasteiger partial charge is 0.453 e. The summed E-state index contributed by atoms with van der Waals surface area (Å²) in [5, 5.41) is 5.33. The maximum atomic E-state index is 13.5. The van der Waals surface area contributed by atoms with Crippen LogP contribution in [0, 0.1) is 0 Å². The Labute approximate surface area is 315 Å². The van der Waals surface area contributed by atoms with Crippen molar-refractivity contribution in [2.75, 3.05) is 14.2 Å². The van der Waals surface area contributed by atoms with E-state index in [1.807, 2.05) is 37.5 Å². The summed E-state index contributed by atoms with van der Waals surface area (Å²) in [6, 6.07) is 14.7. The number of hydrogen-bond acceptors (Lipinski definition) is 8. The topological polar surface area (TPSA) is 175 Å². The molecule has 2 fully saturated rings. The van der Waals surface area contributed by atoms with E-state index < -0.39 is 24.3 Å². The summed E-state index contributed by atoms with van der Waals surface area (Å²) in [6.07, 6.45) is 6.49. The zero-order valence-electron chi connectivity index (χ0n) is 31.7. The molecule has 2 aromatic carbocycles. The average molecular weight is 739 g/mol. The third-order valence-electron chi connectivity index (χ3n) is 10.8. The van der Waals surface area contributed by atoms with Gasteiger partial charge in [0.05, 0.1) is 50.1 Å². The molecule has 2 aliphatic heterocycles. The van der Waals surface area contributed by atoms with E-state index in [-0.39, 0.29) is 36.0 Å². The lowest BCUT2D eigenvalue weighted by Gasteiger charge is -2.31. The summed E-state index contributed by atoms with van der Waals surface area (Å²) >= 11 is 0. The van der Waals surface area contributed by atoms with Gasteiger partial charge < -0.3 is 39.9 Å². The standard InChI is InChI=1S/C40H50N8O6/c1-7-29(45-39(51)53-5)37(49)47-23(3)9-19-33(47)35-41-21-31(43-35)27-15-11-25(12-16-27)26-13-17-28(18-14-26)32-22-42-36(44-32)34-20-10-24(4)48(34)38(50)30(8-2)46-40(52)54-6/h11-18,21-24,29-30,33-34H,7-10,19-20H2,1-6H3,(H,41,43)(H,42,44)(H,45,51)(H,46,52)/t23-,24-,29-,30-,33-,34-/m0/s1. The lowest BCUT2D eigenvalue weighted by atomic mass is 10.0. The number of aromatic nitrogens is 4. The Morgan fingerprint density at radius 3 is 1.33 bits per heavy atom. The summed E-state index contributed by atoms with van der Waals surface area (Å²) in [5.74, 6) is 1.16. The zero-order chi connectivity index (χ0) is 38.5. The van der Waals surface area contributed by atoms with Gasteiger partial charge in [-0.05, 0) is 74.6 Å². The first-order valence-electron chi connectivity index (χ1n) is 18.7. The number of alkyl carbamates (subject to hydrolysis) is 2. The molecule has 14 heteroatoms. The van der Waals surface area contributed by atoms with Gasteiger partial charge in [-0.25, -0.2) is 19.6 Å². The van der Waals surface area contributed by atoms with E-state index in [2.05, 4.69) is 79.1 Å². The number of likely N-dealkylation sites (tertiary alicyclic amines) is 2. The fraction of sp³-hybridized carbons (Fsp3) is 0.450. The summed E-state index contributed by atoms with van der Waals surface area (Å²) in [4.78, 5) is 70.7. The van der Waals surface area contributed by atoms with Crippen LogP contribution in [0.15, 0.2) is 60.9 Å². The Kier molecular flexibility index (Phi) is 11.7. The molecule has 0 unspecified atom stereocenters. The molecule has 2 aliphatic rings. The smallest absolute Gasteiger partial charge is 0.407 e. The van der Waals surface area contributed by atoms with Crippen molar-refractivity contribution in [2.45, 2.75) is 102 Å². The van der Waals surface area contributed by atoms with Crippen LogP contribution in [-0.2, 0) is 19.1 Å². The SMILES string of the molecule is CC[C@H](NC(=O)OC)C(=O)N1[C@@H](C)CC[C@H]1c1ncc(-c2ccc(-c3ccc(-c4cnc([C@@H]5CC[C@H](C)N5C(=O)[C@H](CC)NC(=O)OC)[nH]4)cc3)cc2)[nH]1. The molecule has 4 amide bonds. The molecule has 0 radical (unpaired) electrons. The van der Waals surface area contributed by atoms with Crippen LogP contribution in [0.5, 0.6) is 0 Å². The number of benzene rings is 2. The van der Waals surface area contributed by atoms with E-state index in [1.54, 1.807) is 12.4 Å². The number of aromatic amines is 2. The maximum absolute atomic E-state index is 13.5. The molecule has 14 nitrogen and oxygen atoms in total. The molecule has 54 heavy (non-hydrogen) atoms. The zero-order valence-corrected chi connectivity index (χ0v) is 31.7. The summed E-state index contributed by atoms with van der Waals surface area (Å²) in [5.41, 5.74) is 5.77. The number of carbonyl (C=O) groups excluding carboxylic acids is 4. The van der Waals surface area contributed by atoms with Gasteiger partial charge in [0.1, 0.15) is 23.7 Å². The Morgan fingerprint density at radius 1 is 0.648 bits per heavy atom. The normalized spacial score (nSPS) is 20.7. The van der Waals surface area contributed by atoms with E-state index in [4.69, 9.17) is 9.47 Å². The number of imidazole rings is 2. The number of carbonyl (C=O) groups is 4. The second-order valence-electron chi connectivity index (χ2n) is 14.1. The molecule has 6 rings (SSSR count). The van der Waals surface area contributed by atoms with Crippen LogP contribution < -0.4 is 10.6 Å². The highest BCUT2D eigenvalue weighted by Crippen LogP contribution is 2.38. The van der Waals surface area contributed by atoms with Crippen molar-refractivity contribution in [1.29, 1.82) is 0 Å². The highest BCUT2D eigenvalue weighted by molar-refractivity contribution is 5.87. The van der Waals surface area contributed by atoms with Crippen LogP contribution in [-0.4, -0.2) is 92.1 Å². The van der Waals surface area contributed by atoms with Gasteiger partial charge in [-0.2, -0.15) is 0 Å². The predicted octanol–water partition coefficient (Wildman–Crippen LogP) is 6.51. The second kappa shape index (κ2) is 16.6. The Morgan fingerprint density at radius 2 is 1.00 bits per heavy atom. The number of rotatable bonds is 11. The number of ether oxygens (including phenoxy) is 2. The van der Waals surface area contributed by atoms with Crippen molar-refractivity contribution < 1.29 is 28.7 Å². The van der Waals surface area contributed by atoms with E-state index in [9.17, 15) is 19.2 Å². The highest BCUT2D eigenvalue weighted by atomic mass is 16.5. The third kappa shape index (κ3) is 7.82. The molecule has 6 atom stereocenters. The maximum Gasteiger partial charge on any atom is 0.407 e. The molecule has 4 aromatic rings. The molecule has 286 valence electrons. The monoisotopic (exact) mass is 738 g/mol. The first kappa shape index (κ1) is 38.1. The minimum atomic E-state index is -0.671. The summed E-state index contributed by atoms with van der Waals surface area (Å²) < 4.78 is 9.46. The van der Waals surface area contributed by atoms with Gasteiger partial charge in [0.15, 0.2) is 0 Å². The van der Waals surface area contributed by atoms with Crippen LogP contribution in [0.1, 0.15) is 90.0 Å². The number of nitrogens with zero attached hydrogens (tertiary/aromatic N) is 4. The fourth-order valence-electron chi connectivity index (χ4n) is 7.68. The van der Waals surface area contributed by atoms with Crippen LogP contribution in [0.2, 0.25) is 0 Å². The first-order chi connectivity index (χ1) is 26.1. The number of H-pyrrole nitrogens is 2. The molecule has 2 saturated heterocycles. The molecular formula is C40H50N8O6. The van der Waals surface area contributed by atoms with Gasteiger partial charge in [-0.15, -0.1) is 0 Å². The minimum Gasteiger partial charge on any atom is -0.453 e. The van der Waals surface area contributed by atoms with Gasteiger partial charge >= 0.3 is 12.2 Å². The van der Waals surface area contributed by atoms with Crippen LogP contribution in [0.25, 0.3) is 33.6 Å². The lowest BCUT2D eigenvalue weighted by molar-refractivity contribution is -0.137. The molecule has 0 bridgehead atoms. The second-order valence-corrected chi connectivity index (χ2v) is 14.1. The van der Waals surface area contributed by atoms with Crippen LogP contribution in [0.3, 0.4) is 0 Å². The van der Waals surface area contributed by atoms with Gasteiger partial charge in [0, 0.05) is 12.1 Å². The molecular weight excluding hydrogens is 688 g/mol. The first-order valence-corrected chi connectivity index (χ1v) is 18.7.